The third kappa shape index (κ3) is 3.72. The number of ether oxygens (including phenoxy) is 1. The molecule has 3 aromatic rings. The van der Waals surface area contributed by atoms with Crippen LogP contribution in [-0.2, 0) is 9.53 Å². The van der Waals surface area contributed by atoms with Crippen molar-refractivity contribution in [3.05, 3.63) is 71.4 Å². The number of para-hydroxylation sites is 2. The Labute approximate surface area is 152 Å². The lowest BCUT2D eigenvalue weighted by atomic mass is 10.1. The summed E-state index contributed by atoms with van der Waals surface area (Å²) < 4.78 is 5.39. The Balaban J connectivity index is 1.77. The number of pyridine rings is 1. The van der Waals surface area contributed by atoms with Gasteiger partial charge in [-0.15, -0.1) is 0 Å². The maximum Gasteiger partial charge on any atom is 0.339 e. The van der Waals surface area contributed by atoms with Gasteiger partial charge in [0.15, 0.2) is 6.10 Å². The van der Waals surface area contributed by atoms with Gasteiger partial charge in [0.2, 0.25) is 0 Å². The Kier molecular flexibility index (Phi) is 4.98. The fraction of sp³-hybridized carbons (Fsp3) is 0.190. The second-order valence-corrected chi connectivity index (χ2v) is 6.18. The number of carbonyl (C=O) groups excluding carboxylic acids is 2. The van der Waals surface area contributed by atoms with Crippen LogP contribution in [0.5, 0.6) is 0 Å². The first-order chi connectivity index (χ1) is 12.5. The summed E-state index contributed by atoms with van der Waals surface area (Å²) in [7, 11) is 0. The molecule has 0 spiro atoms. The average Bonchev–Trinajstić information content (AvgIpc) is 2.62. The molecule has 0 aliphatic carbocycles. The molecule has 3 rings (SSSR count). The van der Waals surface area contributed by atoms with Gasteiger partial charge in [-0.1, -0.05) is 36.4 Å². The van der Waals surface area contributed by atoms with Crippen LogP contribution in [0.2, 0.25) is 0 Å². The van der Waals surface area contributed by atoms with Gasteiger partial charge in [-0.2, -0.15) is 0 Å². The van der Waals surface area contributed by atoms with Crippen LogP contribution >= 0.6 is 0 Å². The molecule has 1 heterocycles. The van der Waals surface area contributed by atoms with Crippen LogP contribution in [-0.4, -0.2) is 23.0 Å². The number of hydrogen-bond acceptors (Lipinski definition) is 4. The van der Waals surface area contributed by atoms with Gasteiger partial charge in [0.1, 0.15) is 0 Å². The number of hydrogen-bond donors (Lipinski definition) is 1. The van der Waals surface area contributed by atoms with Crippen molar-refractivity contribution in [1.29, 1.82) is 0 Å². The Morgan fingerprint density at radius 1 is 1.04 bits per heavy atom. The van der Waals surface area contributed by atoms with E-state index < -0.39 is 12.1 Å². The summed E-state index contributed by atoms with van der Waals surface area (Å²) in [5.74, 6) is -0.915. The molecule has 0 fully saturated rings. The number of aryl methyl sites for hydroxylation is 2. The fourth-order valence-corrected chi connectivity index (χ4v) is 2.70. The van der Waals surface area contributed by atoms with Gasteiger partial charge >= 0.3 is 5.97 Å². The van der Waals surface area contributed by atoms with E-state index in [4.69, 9.17) is 4.74 Å². The molecule has 5 heteroatoms. The summed E-state index contributed by atoms with van der Waals surface area (Å²) in [4.78, 5) is 29.4. The molecular weight excluding hydrogens is 328 g/mol. The minimum atomic E-state index is -0.922. The first kappa shape index (κ1) is 17.6. The van der Waals surface area contributed by atoms with Gasteiger partial charge in [0.05, 0.1) is 11.1 Å². The predicted molar refractivity (Wildman–Crippen MR) is 101 cm³/mol. The number of esters is 1. The predicted octanol–water partition coefficient (Wildman–Crippen LogP) is 4.04. The number of aromatic nitrogens is 1. The van der Waals surface area contributed by atoms with Crippen molar-refractivity contribution >= 4 is 28.5 Å². The molecule has 0 aliphatic heterocycles. The Morgan fingerprint density at radius 2 is 1.73 bits per heavy atom. The fourth-order valence-electron chi connectivity index (χ4n) is 2.70. The molecule has 1 N–H and O–H groups in total. The normalized spacial score (nSPS) is 11.8. The molecule has 0 bridgehead atoms. The van der Waals surface area contributed by atoms with E-state index in [2.05, 4.69) is 10.3 Å². The number of nitrogens with zero attached hydrogens (tertiary/aromatic N) is 1. The van der Waals surface area contributed by atoms with Crippen LogP contribution in [0.4, 0.5) is 5.69 Å². The first-order valence-corrected chi connectivity index (χ1v) is 8.39. The maximum absolute atomic E-state index is 12.6. The van der Waals surface area contributed by atoms with Crippen LogP contribution in [0.25, 0.3) is 10.9 Å². The van der Waals surface area contributed by atoms with Crippen LogP contribution < -0.4 is 5.32 Å². The molecule has 0 saturated heterocycles. The SMILES string of the molecule is Cc1cc(C(=O)O[C@@H](C)C(=O)Nc2ccccc2C)c2ccccc2n1. The van der Waals surface area contributed by atoms with Gasteiger partial charge in [-0.05, 0) is 44.5 Å². The van der Waals surface area contributed by atoms with Gasteiger partial charge in [0.25, 0.3) is 5.91 Å². The molecule has 1 aromatic heterocycles. The molecule has 1 amide bonds. The summed E-state index contributed by atoms with van der Waals surface area (Å²) in [6.45, 7) is 5.28. The van der Waals surface area contributed by atoms with E-state index in [1.54, 1.807) is 13.0 Å². The summed E-state index contributed by atoms with van der Waals surface area (Å²) in [6, 6.07) is 16.5. The summed E-state index contributed by atoms with van der Waals surface area (Å²) in [5, 5.41) is 3.49. The molecule has 0 unspecified atom stereocenters. The zero-order chi connectivity index (χ0) is 18.7. The highest BCUT2D eigenvalue weighted by Crippen LogP contribution is 2.20. The van der Waals surface area contributed by atoms with Crippen molar-refractivity contribution in [2.24, 2.45) is 0 Å². The zero-order valence-electron chi connectivity index (χ0n) is 14.9. The van der Waals surface area contributed by atoms with E-state index in [0.29, 0.717) is 22.3 Å². The van der Waals surface area contributed by atoms with Crippen LogP contribution in [0.1, 0.15) is 28.5 Å². The Morgan fingerprint density at radius 3 is 2.50 bits per heavy atom. The third-order valence-electron chi connectivity index (χ3n) is 4.12. The van der Waals surface area contributed by atoms with Crippen molar-refractivity contribution in [3.8, 4) is 0 Å². The quantitative estimate of drug-likeness (QED) is 0.723. The van der Waals surface area contributed by atoms with Gasteiger partial charge < -0.3 is 10.1 Å². The number of carbonyl (C=O) groups is 2. The van der Waals surface area contributed by atoms with Crippen molar-refractivity contribution in [1.82, 2.24) is 4.98 Å². The van der Waals surface area contributed by atoms with Crippen LogP contribution in [0, 0.1) is 13.8 Å². The number of fused-ring (bicyclic) bond motifs is 1. The first-order valence-electron chi connectivity index (χ1n) is 8.39. The largest absolute Gasteiger partial charge is 0.449 e. The number of benzene rings is 2. The molecule has 0 aliphatic rings. The smallest absolute Gasteiger partial charge is 0.339 e. The molecule has 0 saturated carbocycles. The summed E-state index contributed by atoms with van der Waals surface area (Å²) in [6.07, 6.45) is -0.922. The van der Waals surface area contributed by atoms with Gasteiger partial charge in [0, 0.05) is 16.8 Å². The molecule has 132 valence electrons. The molecule has 0 radical (unpaired) electrons. The van der Waals surface area contributed by atoms with E-state index >= 15 is 0 Å². The molecule has 2 aromatic carbocycles. The molecule has 1 atom stereocenters. The van der Waals surface area contributed by atoms with E-state index in [1.165, 1.54) is 0 Å². The number of nitrogens with one attached hydrogen (secondary N) is 1. The van der Waals surface area contributed by atoms with Gasteiger partial charge in [-0.3, -0.25) is 9.78 Å². The Bertz CT molecular complexity index is 982. The highest BCUT2D eigenvalue weighted by atomic mass is 16.5. The van der Waals surface area contributed by atoms with Crippen molar-refractivity contribution in [3.63, 3.8) is 0 Å². The van der Waals surface area contributed by atoms with Crippen molar-refractivity contribution < 1.29 is 14.3 Å². The molecular formula is C21H20N2O3. The van der Waals surface area contributed by atoms with Crippen LogP contribution in [0.3, 0.4) is 0 Å². The van der Waals surface area contributed by atoms with Crippen LogP contribution in [0.15, 0.2) is 54.6 Å². The Hall–Kier alpha value is -3.21. The standard InChI is InChI=1S/C21H20N2O3/c1-13-8-4-6-10-18(13)23-20(24)15(3)26-21(25)17-12-14(2)22-19-11-7-5-9-16(17)19/h4-12,15H,1-3H3,(H,23,24)/t15-/m0/s1. The monoisotopic (exact) mass is 348 g/mol. The average molecular weight is 348 g/mol. The number of anilines is 1. The highest BCUT2D eigenvalue weighted by molar-refractivity contribution is 6.05. The van der Waals surface area contributed by atoms with Gasteiger partial charge in [-0.25, -0.2) is 4.79 Å². The highest BCUT2D eigenvalue weighted by Gasteiger charge is 2.21. The zero-order valence-corrected chi connectivity index (χ0v) is 14.9. The lowest BCUT2D eigenvalue weighted by molar-refractivity contribution is -0.123. The minimum Gasteiger partial charge on any atom is -0.449 e. The number of amides is 1. The van der Waals surface area contributed by atoms with E-state index in [0.717, 1.165) is 11.1 Å². The summed E-state index contributed by atoms with van der Waals surface area (Å²) in [5.41, 5.74) is 3.48. The van der Waals surface area contributed by atoms with E-state index in [1.807, 2.05) is 62.4 Å². The lowest BCUT2D eigenvalue weighted by Gasteiger charge is -2.15. The van der Waals surface area contributed by atoms with E-state index in [-0.39, 0.29) is 5.91 Å². The van der Waals surface area contributed by atoms with E-state index in [9.17, 15) is 9.59 Å². The maximum atomic E-state index is 12.6. The summed E-state index contributed by atoms with van der Waals surface area (Å²) >= 11 is 0. The molecule has 26 heavy (non-hydrogen) atoms. The topological polar surface area (TPSA) is 68.3 Å². The number of rotatable bonds is 4. The second kappa shape index (κ2) is 7.35. The minimum absolute atomic E-state index is 0.372. The molecule has 5 nitrogen and oxygen atoms in total. The van der Waals surface area contributed by atoms with Crippen molar-refractivity contribution in [2.45, 2.75) is 26.9 Å². The lowest BCUT2D eigenvalue weighted by Crippen LogP contribution is -2.30. The second-order valence-electron chi connectivity index (χ2n) is 6.18. The van der Waals surface area contributed by atoms with Crippen molar-refractivity contribution in [2.75, 3.05) is 5.32 Å². The third-order valence-corrected chi connectivity index (χ3v) is 4.12.